The number of benzene rings is 4. The van der Waals surface area contributed by atoms with Crippen LogP contribution in [0.5, 0.6) is 0 Å². The molecule has 0 bridgehead atoms. The summed E-state index contributed by atoms with van der Waals surface area (Å²) in [6.45, 7) is 4.53. The van der Waals surface area contributed by atoms with E-state index in [4.69, 9.17) is 0 Å². The zero-order chi connectivity index (χ0) is 23.8. The zero-order valence-corrected chi connectivity index (χ0v) is 25.5. The van der Waals surface area contributed by atoms with Gasteiger partial charge in [0.15, 0.2) is 0 Å². The van der Waals surface area contributed by atoms with Gasteiger partial charge >= 0.3 is 221 Å². The summed E-state index contributed by atoms with van der Waals surface area (Å²) in [5, 5.41) is 5.52. The first-order valence-corrected chi connectivity index (χ1v) is 15.3. The molecule has 3 heteroatoms. The largest absolute Gasteiger partial charge is 0.147 e. The van der Waals surface area contributed by atoms with E-state index in [0.29, 0.717) is 0 Å². The normalized spacial score (nSPS) is 14.4. The first-order valence-electron chi connectivity index (χ1n) is 12.9. The van der Waals surface area contributed by atoms with E-state index in [1.165, 1.54) is 54.9 Å². The van der Waals surface area contributed by atoms with Crippen molar-refractivity contribution in [1.29, 1.82) is 0 Å². The summed E-state index contributed by atoms with van der Waals surface area (Å²) in [5.74, 6) is 0. The molecule has 0 aromatic heterocycles. The standard InChI is InChI=1S/2C17H15.2ClH.Zr/c2*1-2-13-11-15-9-5-6-10-16(15)17(12-13)14-7-3-4-8-14;;;/h2*3,5-7,9-12H,2,4H2,1H3;2*1H;. The third kappa shape index (κ3) is 5.38. The van der Waals surface area contributed by atoms with Crippen LogP contribution in [0, 0.1) is 0 Å². The molecule has 0 saturated carbocycles. The topological polar surface area (TPSA) is 0 Å². The van der Waals surface area contributed by atoms with E-state index >= 15 is 0 Å². The Kier molecular flexibility index (Phi) is 9.12. The van der Waals surface area contributed by atoms with Crippen molar-refractivity contribution in [3.63, 3.8) is 0 Å². The fourth-order valence-corrected chi connectivity index (χ4v) is 9.24. The van der Waals surface area contributed by atoms with Gasteiger partial charge in [0.05, 0.1) is 0 Å². The average Bonchev–Trinajstić information content (AvgIpc) is 3.57. The van der Waals surface area contributed by atoms with E-state index in [-0.39, 0.29) is 24.8 Å². The molecule has 2 aliphatic rings. The van der Waals surface area contributed by atoms with Gasteiger partial charge in [-0.05, 0) is 0 Å². The van der Waals surface area contributed by atoms with Gasteiger partial charge in [-0.1, -0.05) is 0 Å². The van der Waals surface area contributed by atoms with Crippen LogP contribution in [0.4, 0.5) is 0 Å². The van der Waals surface area contributed by atoms with Gasteiger partial charge in [0.2, 0.25) is 0 Å². The molecule has 0 aliphatic heterocycles. The molecule has 0 atom stereocenters. The molecule has 4 aromatic rings. The van der Waals surface area contributed by atoms with Crippen molar-refractivity contribution in [1.82, 2.24) is 0 Å². The third-order valence-corrected chi connectivity index (χ3v) is 11.2. The van der Waals surface area contributed by atoms with E-state index in [2.05, 4.69) is 111 Å². The quantitative estimate of drug-likeness (QED) is 0.206. The van der Waals surface area contributed by atoms with E-state index < -0.39 is 23.2 Å². The number of rotatable bonds is 6. The van der Waals surface area contributed by atoms with Crippen molar-refractivity contribution in [2.24, 2.45) is 0 Å². The maximum atomic E-state index is 2.45. The third-order valence-electron chi connectivity index (χ3n) is 7.41. The molecule has 37 heavy (non-hydrogen) atoms. The van der Waals surface area contributed by atoms with E-state index in [1.807, 2.05) is 0 Å². The van der Waals surface area contributed by atoms with Crippen molar-refractivity contribution in [2.45, 2.75) is 39.5 Å². The molecule has 0 nitrogen and oxygen atoms in total. The summed E-state index contributed by atoms with van der Waals surface area (Å²) in [5.41, 5.74) is 8.76. The number of halogens is 2. The van der Waals surface area contributed by atoms with Gasteiger partial charge in [-0.15, -0.1) is 24.8 Å². The minimum absolute atomic E-state index is 0. The van der Waals surface area contributed by atoms with E-state index in [0.717, 1.165) is 25.7 Å². The molecule has 0 heterocycles. The molecule has 0 spiro atoms. The predicted molar refractivity (Wildman–Crippen MR) is 163 cm³/mol. The van der Waals surface area contributed by atoms with Crippen LogP contribution in [0.2, 0.25) is 0 Å². The summed E-state index contributed by atoms with van der Waals surface area (Å²) in [7, 11) is 0. The predicted octanol–water partition coefficient (Wildman–Crippen LogP) is 10.1. The van der Waals surface area contributed by atoms with Crippen molar-refractivity contribution < 1.29 is 23.2 Å². The molecular formula is C34H32Cl2Zr. The van der Waals surface area contributed by atoms with Crippen LogP contribution in [0.3, 0.4) is 0 Å². The van der Waals surface area contributed by atoms with E-state index in [1.54, 1.807) is 6.56 Å². The van der Waals surface area contributed by atoms with Gasteiger partial charge in [0, 0.05) is 0 Å². The maximum absolute atomic E-state index is 2.45. The molecule has 2 aliphatic carbocycles. The van der Waals surface area contributed by atoms with Crippen LogP contribution in [-0.2, 0) is 36.1 Å². The van der Waals surface area contributed by atoms with Gasteiger partial charge < -0.3 is 0 Å². The van der Waals surface area contributed by atoms with Crippen LogP contribution in [0.1, 0.15) is 48.9 Å². The molecule has 0 fully saturated rings. The molecule has 0 radical (unpaired) electrons. The molecule has 4 aromatic carbocycles. The monoisotopic (exact) mass is 600 g/mol. The number of hydrogen-bond acceptors (Lipinski definition) is 0. The second-order valence-electron chi connectivity index (χ2n) is 9.56. The Bertz CT molecular complexity index is 1470. The Labute approximate surface area is 244 Å². The minimum atomic E-state index is -0.911. The number of hydrogen-bond donors (Lipinski definition) is 0. The Morgan fingerprint density at radius 2 is 1.03 bits per heavy atom. The van der Waals surface area contributed by atoms with Crippen LogP contribution >= 0.6 is 24.8 Å². The van der Waals surface area contributed by atoms with Gasteiger partial charge in [0.1, 0.15) is 0 Å². The fourth-order valence-electron chi connectivity index (χ4n) is 5.53. The van der Waals surface area contributed by atoms with Crippen LogP contribution in [0.25, 0.3) is 32.7 Å². The molecule has 186 valence electrons. The summed E-state index contributed by atoms with van der Waals surface area (Å²) < 4.78 is 3.44. The first kappa shape index (κ1) is 27.8. The average molecular weight is 603 g/mol. The summed E-state index contributed by atoms with van der Waals surface area (Å²) in [4.78, 5) is 0. The van der Waals surface area contributed by atoms with Crippen molar-refractivity contribution in [3.8, 4) is 0 Å². The first-order chi connectivity index (χ1) is 17.2. The van der Waals surface area contributed by atoms with Gasteiger partial charge in [-0.3, -0.25) is 0 Å². The SMILES string of the molecule is CCc1cc(C2=[C]([Zr][C]3=C(c4cc(CC)cc5ccccc45)C=CC3)CC=C2)c2ccccc2c1.Cl.Cl. The van der Waals surface area contributed by atoms with Crippen LogP contribution in [0.15, 0.2) is 104 Å². The number of aryl methyl sites for hydroxylation is 2. The van der Waals surface area contributed by atoms with Gasteiger partial charge in [0.25, 0.3) is 0 Å². The van der Waals surface area contributed by atoms with Crippen LogP contribution < -0.4 is 0 Å². The van der Waals surface area contributed by atoms with Gasteiger partial charge in [-0.2, -0.15) is 0 Å². The molecule has 6 rings (SSSR count). The number of fused-ring (bicyclic) bond motifs is 2. The van der Waals surface area contributed by atoms with Gasteiger partial charge in [-0.25, -0.2) is 0 Å². The van der Waals surface area contributed by atoms with Crippen molar-refractivity contribution in [3.05, 3.63) is 126 Å². The molecule has 0 N–H and O–H groups in total. The zero-order valence-electron chi connectivity index (χ0n) is 21.4. The van der Waals surface area contributed by atoms with Crippen LogP contribution in [-0.4, -0.2) is 0 Å². The number of allylic oxidation sites excluding steroid dienone is 8. The molecular weight excluding hydrogens is 571 g/mol. The Hall–Kier alpha value is -2.18. The Balaban J connectivity index is 0.00000160. The smallest absolute Gasteiger partial charge is 0.147 e. The molecule has 0 amide bonds. The van der Waals surface area contributed by atoms with Crippen molar-refractivity contribution >= 4 is 57.5 Å². The fraction of sp³-hybridized carbons (Fsp3) is 0.176. The second kappa shape index (κ2) is 12.1. The van der Waals surface area contributed by atoms with E-state index in [9.17, 15) is 0 Å². The Morgan fingerprint density at radius 1 is 0.595 bits per heavy atom. The molecule has 0 saturated heterocycles. The summed E-state index contributed by atoms with van der Waals surface area (Å²) in [6, 6.07) is 27.5. The van der Waals surface area contributed by atoms with Crippen molar-refractivity contribution in [2.75, 3.05) is 0 Å². The minimum Gasteiger partial charge on any atom is -0.147 e. The summed E-state index contributed by atoms with van der Waals surface area (Å²) >= 11 is -0.911. The second-order valence-corrected chi connectivity index (χ2v) is 13.1. The summed E-state index contributed by atoms with van der Waals surface area (Å²) in [6.07, 6.45) is 14.0. The maximum Gasteiger partial charge on any atom is -0.147 e. The molecule has 0 unspecified atom stereocenters. The Morgan fingerprint density at radius 3 is 1.46 bits per heavy atom.